The zero-order valence-corrected chi connectivity index (χ0v) is 22.6. The number of halogens is 3. The Kier molecular flexibility index (Phi) is 8.83. The van der Waals surface area contributed by atoms with Crippen molar-refractivity contribution in [1.29, 1.82) is 0 Å². The molecule has 1 aliphatic rings. The normalized spacial score (nSPS) is 22.4. The number of aliphatic hydroxyl groups excluding tert-OH is 1. The highest BCUT2D eigenvalue weighted by Gasteiger charge is 2.39. The van der Waals surface area contributed by atoms with Crippen molar-refractivity contribution in [2.24, 2.45) is 13.0 Å². The minimum atomic E-state index is -2.09. The van der Waals surface area contributed by atoms with Gasteiger partial charge in [-0.2, -0.15) is 0 Å². The molecule has 0 aliphatic carbocycles. The summed E-state index contributed by atoms with van der Waals surface area (Å²) >= 11 is 18.6. The monoisotopic (exact) mass is 570 g/mol. The lowest BCUT2D eigenvalue weighted by Crippen LogP contribution is -2.38. The van der Waals surface area contributed by atoms with Gasteiger partial charge in [0.2, 0.25) is 0 Å². The molecule has 192 valence electrons. The zero-order valence-electron chi connectivity index (χ0n) is 19.5. The standard InChI is InChI=1S/C24H25Cl3N4O4S/c1-14-19(12-36-23-30-28-13-31(23)2)34-21(35-20(14)16-8-6-15(11-32)7-9-16)17-4-3-5-18(10-17)29-22(33)24(25,26)27/h3-10,13-14,19-21,32H,11-12H2,1-2H3,(H,29,33)/t14-,19+,20+,21+/m1/s1. The first-order valence-electron chi connectivity index (χ1n) is 11.1. The van der Waals surface area contributed by atoms with Gasteiger partial charge in [0, 0.05) is 30.0 Å². The van der Waals surface area contributed by atoms with Crippen LogP contribution >= 0.6 is 46.6 Å². The molecule has 8 nitrogen and oxygen atoms in total. The zero-order chi connectivity index (χ0) is 25.9. The summed E-state index contributed by atoms with van der Waals surface area (Å²) in [4.78, 5) is 12.1. The lowest BCUT2D eigenvalue weighted by atomic mass is 9.91. The molecule has 1 saturated heterocycles. The van der Waals surface area contributed by atoms with E-state index < -0.39 is 16.0 Å². The molecule has 2 aromatic carbocycles. The molecule has 1 fully saturated rings. The van der Waals surface area contributed by atoms with Crippen LogP contribution in [-0.2, 0) is 27.9 Å². The third kappa shape index (κ3) is 6.52. The van der Waals surface area contributed by atoms with E-state index >= 15 is 0 Å². The quantitative estimate of drug-likeness (QED) is 0.297. The Labute approximate surface area is 228 Å². The minimum absolute atomic E-state index is 0.00852. The second-order valence-electron chi connectivity index (χ2n) is 8.43. The number of rotatable bonds is 7. The van der Waals surface area contributed by atoms with Gasteiger partial charge >= 0.3 is 0 Å². The van der Waals surface area contributed by atoms with Gasteiger partial charge in [0.15, 0.2) is 11.4 Å². The van der Waals surface area contributed by atoms with E-state index in [1.54, 1.807) is 36.3 Å². The Morgan fingerprint density at radius 2 is 1.92 bits per heavy atom. The number of aromatic nitrogens is 3. The van der Waals surface area contributed by atoms with E-state index in [-0.39, 0.29) is 24.7 Å². The van der Waals surface area contributed by atoms with Crippen LogP contribution in [0.2, 0.25) is 0 Å². The van der Waals surface area contributed by atoms with Gasteiger partial charge < -0.3 is 24.5 Å². The maximum atomic E-state index is 12.1. The van der Waals surface area contributed by atoms with Crippen molar-refractivity contribution in [3.8, 4) is 0 Å². The van der Waals surface area contributed by atoms with Gasteiger partial charge in [-0.05, 0) is 23.3 Å². The Bertz CT molecular complexity index is 1190. The fraction of sp³-hybridized carbons (Fsp3) is 0.375. The molecule has 2 N–H and O–H groups in total. The summed E-state index contributed by atoms with van der Waals surface area (Å²) in [5, 5.41) is 20.9. The molecule has 1 aliphatic heterocycles. The number of carbonyl (C=O) groups is 1. The van der Waals surface area contributed by atoms with Crippen molar-refractivity contribution < 1.29 is 19.4 Å². The van der Waals surface area contributed by atoms with Crippen molar-refractivity contribution in [1.82, 2.24) is 14.8 Å². The Morgan fingerprint density at radius 3 is 2.56 bits per heavy atom. The lowest BCUT2D eigenvalue weighted by molar-refractivity contribution is -0.268. The number of aliphatic hydroxyl groups is 1. The van der Waals surface area contributed by atoms with Gasteiger partial charge in [0.25, 0.3) is 9.70 Å². The number of hydrogen-bond acceptors (Lipinski definition) is 7. The van der Waals surface area contributed by atoms with Crippen molar-refractivity contribution in [3.05, 3.63) is 71.5 Å². The highest BCUT2D eigenvalue weighted by atomic mass is 35.6. The SMILES string of the molecule is C[C@@H]1[C@H](CSc2nncn2C)O[C@H](c2cccc(NC(=O)C(Cl)(Cl)Cl)c2)O[C@@H]1c1ccc(CO)cc1. The molecule has 0 saturated carbocycles. The largest absolute Gasteiger partial charge is 0.392 e. The molecule has 4 atom stereocenters. The van der Waals surface area contributed by atoms with Gasteiger partial charge in [-0.25, -0.2) is 0 Å². The van der Waals surface area contributed by atoms with Crippen LogP contribution in [0.15, 0.2) is 60.0 Å². The summed E-state index contributed by atoms with van der Waals surface area (Å²) in [6.45, 7) is 2.05. The minimum Gasteiger partial charge on any atom is -0.392 e. The number of ether oxygens (including phenoxy) is 2. The molecule has 0 unspecified atom stereocenters. The van der Waals surface area contributed by atoms with Crippen molar-refractivity contribution in [2.45, 2.75) is 41.0 Å². The summed E-state index contributed by atoms with van der Waals surface area (Å²) in [7, 11) is 1.89. The molecular weight excluding hydrogens is 547 g/mol. The van der Waals surface area contributed by atoms with E-state index in [1.165, 1.54) is 0 Å². The van der Waals surface area contributed by atoms with Crippen LogP contribution in [0.3, 0.4) is 0 Å². The molecule has 36 heavy (non-hydrogen) atoms. The van der Waals surface area contributed by atoms with Crippen LogP contribution < -0.4 is 5.32 Å². The van der Waals surface area contributed by atoms with Crippen LogP contribution in [0.25, 0.3) is 0 Å². The fourth-order valence-corrected chi connectivity index (χ4v) is 5.03. The topological polar surface area (TPSA) is 98.5 Å². The second kappa shape index (κ2) is 11.7. The Hall–Kier alpha value is -1.85. The molecule has 1 aromatic heterocycles. The Balaban J connectivity index is 1.59. The first kappa shape index (κ1) is 27.2. The van der Waals surface area contributed by atoms with Gasteiger partial charge in [-0.15, -0.1) is 10.2 Å². The summed E-state index contributed by atoms with van der Waals surface area (Å²) in [6.07, 6.45) is 0.480. The van der Waals surface area contributed by atoms with Crippen LogP contribution in [0, 0.1) is 5.92 Å². The van der Waals surface area contributed by atoms with Gasteiger partial charge in [0.05, 0.1) is 18.8 Å². The molecular formula is C24H25Cl3N4O4S. The van der Waals surface area contributed by atoms with Gasteiger partial charge in [-0.3, -0.25) is 4.79 Å². The highest BCUT2D eigenvalue weighted by molar-refractivity contribution is 7.99. The summed E-state index contributed by atoms with van der Waals surface area (Å²) in [5.41, 5.74) is 2.95. The molecule has 4 rings (SSSR count). The molecule has 0 radical (unpaired) electrons. The fourth-order valence-electron chi connectivity index (χ4n) is 3.83. The molecule has 12 heteroatoms. The maximum absolute atomic E-state index is 12.1. The van der Waals surface area contributed by atoms with E-state index in [2.05, 4.69) is 22.4 Å². The molecule has 2 heterocycles. The second-order valence-corrected chi connectivity index (χ2v) is 11.7. The number of anilines is 1. The number of nitrogens with one attached hydrogen (secondary N) is 1. The predicted octanol–water partition coefficient (Wildman–Crippen LogP) is 5.20. The molecule has 0 bridgehead atoms. The number of amides is 1. The number of benzene rings is 2. The smallest absolute Gasteiger partial charge is 0.276 e. The number of thioether (sulfide) groups is 1. The van der Waals surface area contributed by atoms with Crippen LogP contribution in [0.1, 0.15) is 36.0 Å². The third-order valence-corrected chi connectivity index (χ3v) is 7.48. The van der Waals surface area contributed by atoms with Crippen LogP contribution in [0.5, 0.6) is 0 Å². The first-order chi connectivity index (χ1) is 17.2. The number of aryl methyl sites for hydroxylation is 1. The van der Waals surface area contributed by atoms with E-state index in [0.29, 0.717) is 17.0 Å². The Morgan fingerprint density at radius 1 is 1.17 bits per heavy atom. The average Bonchev–Trinajstić information content (AvgIpc) is 3.27. The average molecular weight is 572 g/mol. The first-order valence-corrected chi connectivity index (χ1v) is 13.2. The predicted molar refractivity (Wildman–Crippen MR) is 140 cm³/mol. The van der Waals surface area contributed by atoms with Crippen molar-refractivity contribution in [3.63, 3.8) is 0 Å². The van der Waals surface area contributed by atoms with Crippen molar-refractivity contribution in [2.75, 3.05) is 11.1 Å². The number of nitrogens with zero attached hydrogens (tertiary/aromatic N) is 3. The van der Waals surface area contributed by atoms with E-state index in [4.69, 9.17) is 44.3 Å². The molecule has 3 aromatic rings. The third-order valence-electron chi connectivity index (χ3n) is 5.84. The van der Waals surface area contributed by atoms with Gasteiger partial charge in [0.1, 0.15) is 6.33 Å². The number of alkyl halides is 3. The van der Waals surface area contributed by atoms with Crippen LogP contribution in [-0.4, -0.2) is 41.4 Å². The van der Waals surface area contributed by atoms with E-state index in [9.17, 15) is 9.90 Å². The lowest BCUT2D eigenvalue weighted by Gasteiger charge is -2.41. The summed E-state index contributed by atoms with van der Waals surface area (Å²) < 4.78 is 12.6. The molecule has 1 amide bonds. The van der Waals surface area contributed by atoms with Crippen molar-refractivity contribution >= 4 is 58.2 Å². The maximum Gasteiger partial charge on any atom is 0.276 e. The summed E-state index contributed by atoms with van der Waals surface area (Å²) in [6, 6.07) is 14.7. The van der Waals surface area contributed by atoms with Gasteiger partial charge in [-0.1, -0.05) is 89.9 Å². The number of carbonyl (C=O) groups excluding carboxylic acids is 1. The molecule has 0 spiro atoms. The highest BCUT2D eigenvalue weighted by Crippen LogP contribution is 2.43. The van der Waals surface area contributed by atoms with Crippen LogP contribution in [0.4, 0.5) is 5.69 Å². The summed E-state index contributed by atoms with van der Waals surface area (Å²) in [5.74, 6) is -0.125. The van der Waals surface area contributed by atoms with E-state index in [0.717, 1.165) is 16.3 Å². The van der Waals surface area contributed by atoms with E-state index in [1.807, 2.05) is 41.9 Å². The number of hydrogen-bond donors (Lipinski definition) is 2.